The highest BCUT2D eigenvalue weighted by atomic mass is 35.5. The van der Waals surface area contributed by atoms with Crippen molar-refractivity contribution in [3.8, 4) is 5.82 Å². The van der Waals surface area contributed by atoms with Gasteiger partial charge in [0.2, 0.25) is 0 Å². The Balaban J connectivity index is 0.00000110. The molecule has 21 heavy (non-hydrogen) atoms. The number of hydrogen-bond donors (Lipinski definition) is 2. The van der Waals surface area contributed by atoms with E-state index in [2.05, 4.69) is 20.6 Å². The second kappa shape index (κ2) is 7.97. The topological polar surface area (TPSA) is 71.8 Å². The van der Waals surface area contributed by atoms with E-state index in [1.807, 2.05) is 0 Å². The molecule has 0 aromatic carbocycles. The maximum atomic E-state index is 12.0. The maximum absolute atomic E-state index is 12.0. The number of aromatic nitrogens is 3. The molecule has 8 heteroatoms. The first kappa shape index (κ1) is 17.4. The molecule has 2 aromatic rings. The van der Waals surface area contributed by atoms with Gasteiger partial charge in [0.25, 0.3) is 5.91 Å². The van der Waals surface area contributed by atoms with Crippen LogP contribution < -0.4 is 10.6 Å². The fraction of sp³-hybridized carbons (Fsp3) is 0.308. The van der Waals surface area contributed by atoms with Crippen LogP contribution in [-0.4, -0.2) is 40.1 Å². The number of nitrogens with zero attached hydrogens (tertiary/aromatic N) is 3. The van der Waals surface area contributed by atoms with Gasteiger partial charge in [-0.15, -0.1) is 24.8 Å². The molecule has 0 atom stereocenters. The van der Waals surface area contributed by atoms with Crippen molar-refractivity contribution in [3.05, 3.63) is 42.6 Å². The third-order valence-corrected chi connectivity index (χ3v) is 3.19. The average molecular weight is 330 g/mol. The van der Waals surface area contributed by atoms with Crippen molar-refractivity contribution in [1.82, 2.24) is 25.2 Å². The summed E-state index contributed by atoms with van der Waals surface area (Å²) in [6, 6.07) is 3.48. The van der Waals surface area contributed by atoms with Crippen LogP contribution in [0.4, 0.5) is 0 Å². The monoisotopic (exact) mass is 329 g/mol. The van der Waals surface area contributed by atoms with Crippen molar-refractivity contribution in [2.75, 3.05) is 19.6 Å². The summed E-state index contributed by atoms with van der Waals surface area (Å²) in [5.74, 6) is 1.19. The molecule has 6 nitrogen and oxygen atoms in total. The van der Waals surface area contributed by atoms with E-state index in [1.165, 1.54) is 0 Å². The van der Waals surface area contributed by atoms with Crippen molar-refractivity contribution in [2.45, 2.75) is 0 Å². The molecule has 0 spiro atoms. The van der Waals surface area contributed by atoms with Gasteiger partial charge >= 0.3 is 0 Å². The second-order valence-corrected chi connectivity index (χ2v) is 4.61. The lowest BCUT2D eigenvalue weighted by Crippen LogP contribution is -2.48. The molecule has 3 heterocycles. The molecule has 1 aliphatic rings. The van der Waals surface area contributed by atoms with E-state index in [9.17, 15) is 4.79 Å². The molecular formula is C13H17Cl2N5O. The fourth-order valence-electron chi connectivity index (χ4n) is 1.93. The van der Waals surface area contributed by atoms with Crippen LogP contribution in [0.25, 0.3) is 5.82 Å². The van der Waals surface area contributed by atoms with Gasteiger partial charge in [0, 0.05) is 49.7 Å². The van der Waals surface area contributed by atoms with Crippen molar-refractivity contribution in [2.24, 2.45) is 5.92 Å². The van der Waals surface area contributed by atoms with Gasteiger partial charge in [0.05, 0.1) is 0 Å². The number of rotatable bonds is 4. The molecule has 1 fully saturated rings. The van der Waals surface area contributed by atoms with Crippen LogP contribution in [0.15, 0.2) is 37.1 Å². The normalized spacial score (nSPS) is 13.5. The van der Waals surface area contributed by atoms with Gasteiger partial charge in [-0.3, -0.25) is 9.36 Å². The van der Waals surface area contributed by atoms with Crippen LogP contribution in [0.3, 0.4) is 0 Å². The molecule has 0 aliphatic carbocycles. The third kappa shape index (κ3) is 4.17. The maximum Gasteiger partial charge on any atom is 0.251 e. The third-order valence-electron chi connectivity index (χ3n) is 3.19. The molecule has 1 aliphatic heterocycles. The van der Waals surface area contributed by atoms with Gasteiger partial charge in [-0.2, -0.15) is 0 Å². The van der Waals surface area contributed by atoms with Gasteiger partial charge in [-0.25, -0.2) is 9.97 Å². The summed E-state index contributed by atoms with van der Waals surface area (Å²) < 4.78 is 1.77. The largest absolute Gasteiger partial charge is 0.352 e. The molecule has 1 saturated heterocycles. The van der Waals surface area contributed by atoms with Crippen LogP contribution in [0, 0.1) is 5.92 Å². The number of halogens is 2. The Kier molecular flexibility index (Phi) is 6.61. The van der Waals surface area contributed by atoms with E-state index in [0.717, 1.165) is 13.1 Å². The quantitative estimate of drug-likeness (QED) is 0.879. The number of nitrogens with one attached hydrogen (secondary N) is 2. The molecule has 0 saturated carbocycles. The Bertz CT molecular complexity index is 572. The highest BCUT2D eigenvalue weighted by molar-refractivity contribution is 5.94. The van der Waals surface area contributed by atoms with Gasteiger partial charge in [0.15, 0.2) is 0 Å². The number of pyridine rings is 1. The van der Waals surface area contributed by atoms with Crippen molar-refractivity contribution < 1.29 is 4.79 Å². The van der Waals surface area contributed by atoms with Crippen LogP contribution in [0.2, 0.25) is 0 Å². The number of carbonyl (C=O) groups excluding carboxylic acids is 1. The summed E-state index contributed by atoms with van der Waals surface area (Å²) in [5, 5.41) is 6.12. The van der Waals surface area contributed by atoms with Gasteiger partial charge in [0.1, 0.15) is 12.1 Å². The average Bonchev–Trinajstić information content (AvgIpc) is 2.91. The second-order valence-electron chi connectivity index (χ2n) is 4.61. The first-order valence-corrected chi connectivity index (χ1v) is 6.26. The minimum Gasteiger partial charge on any atom is -0.352 e. The smallest absolute Gasteiger partial charge is 0.251 e. The Morgan fingerprint density at radius 2 is 2.19 bits per heavy atom. The van der Waals surface area contributed by atoms with Gasteiger partial charge < -0.3 is 10.6 Å². The van der Waals surface area contributed by atoms with Crippen LogP contribution in [-0.2, 0) is 0 Å². The predicted octanol–water partition coefficient (Wildman–Crippen LogP) is 1.06. The highest BCUT2D eigenvalue weighted by Crippen LogP contribution is 2.07. The zero-order chi connectivity index (χ0) is 13.1. The standard InChI is InChI=1S/C13H15N5O.2ClH/c19-13(17-8-10-6-15-7-10)11-1-2-16-12(5-11)18-4-3-14-9-18;;/h1-5,9-10,15H,6-8H2,(H,17,19);2*1H. The molecule has 1 amide bonds. The summed E-state index contributed by atoms with van der Waals surface area (Å²) >= 11 is 0. The van der Waals surface area contributed by atoms with Crippen LogP contribution in [0.1, 0.15) is 10.4 Å². The lowest BCUT2D eigenvalue weighted by Gasteiger charge is -2.27. The molecule has 2 N–H and O–H groups in total. The Hall–Kier alpha value is -1.63. The summed E-state index contributed by atoms with van der Waals surface area (Å²) in [4.78, 5) is 20.2. The van der Waals surface area contributed by atoms with Crippen molar-refractivity contribution in [3.63, 3.8) is 0 Å². The van der Waals surface area contributed by atoms with E-state index in [4.69, 9.17) is 0 Å². The van der Waals surface area contributed by atoms with Crippen molar-refractivity contribution >= 4 is 30.7 Å². The molecule has 0 bridgehead atoms. The van der Waals surface area contributed by atoms with E-state index in [0.29, 0.717) is 23.8 Å². The van der Waals surface area contributed by atoms with Crippen molar-refractivity contribution in [1.29, 1.82) is 0 Å². The minimum atomic E-state index is -0.0596. The van der Waals surface area contributed by atoms with Gasteiger partial charge in [-0.1, -0.05) is 0 Å². The van der Waals surface area contributed by atoms with Gasteiger partial charge in [-0.05, 0) is 12.1 Å². The zero-order valence-corrected chi connectivity index (χ0v) is 12.9. The molecule has 114 valence electrons. The van der Waals surface area contributed by atoms with E-state index in [1.54, 1.807) is 41.6 Å². The van der Waals surface area contributed by atoms with E-state index in [-0.39, 0.29) is 30.7 Å². The number of hydrogen-bond acceptors (Lipinski definition) is 4. The van der Waals surface area contributed by atoms with Crippen LogP contribution in [0.5, 0.6) is 0 Å². The molecule has 2 aromatic heterocycles. The Labute approximate surface area is 135 Å². The molecule has 0 unspecified atom stereocenters. The van der Waals surface area contributed by atoms with Crippen LogP contribution >= 0.6 is 24.8 Å². The van der Waals surface area contributed by atoms with E-state index >= 15 is 0 Å². The Morgan fingerprint density at radius 3 is 2.81 bits per heavy atom. The SMILES string of the molecule is Cl.Cl.O=C(NCC1CNC1)c1ccnc(-n2ccnc2)c1. The summed E-state index contributed by atoms with van der Waals surface area (Å²) in [6.07, 6.45) is 6.77. The first-order chi connectivity index (χ1) is 9.33. The molecule has 0 radical (unpaired) electrons. The molecular weight excluding hydrogens is 313 g/mol. The number of amides is 1. The Morgan fingerprint density at radius 1 is 1.38 bits per heavy atom. The highest BCUT2D eigenvalue weighted by Gasteiger charge is 2.17. The first-order valence-electron chi connectivity index (χ1n) is 6.26. The predicted molar refractivity (Wildman–Crippen MR) is 84.5 cm³/mol. The summed E-state index contributed by atoms with van der Waals surface area (Å²) in [6.45, 7) is 2.68. The minimum absolute atomic E-state index is 0. The van der Waals surface area contributed by atoms with E-state index < -0.39 is 0 Å². The zero-order valence-electron chi connectivity index (χ0n) is 11.2. The lowest BCUT2D eigenvalue weighted by molar-refractivity contribution is 0.0942. The fourth-order valence-corrected chi connectivity index (χ4v) is 1.93. The lowest BCUT2D eigenvalue weighted by atomic mass is 10.0. The summed E-state index contributed by atoms with van der Waals surface area (Å²) in [7, 11) is 0. The number of carbonyl (C=O) groups is 1. The summed E-state index contributed by atoms with van der Waals surface area (Å²) in [5.41, 5.74) is 0.617. The number of imidazole rings is 1. The molecule has 3 rings (SSSR count).